The van der Waals surface area contributed by atoms with Crippen molar-refractivity contribution in [2.75, 3.05) is 13.2 Å². The minimum atomic E-state index is -0.653. The largest absolute Gasteiger partial charge is 0.508 e. The summed E-state index contributed by atoms with van der Waals surface area (Å²) in [6.07, 6.45) is 0.602. The van der Waals surface area contributed by atoms with Crippen molar-refractivity contribution in [2.24, 2.45) is 0 Å². The zero-order valence-electron chi connectivity index (χ0n) is 8.46. The Morgan fingerprint density at radius 1 is 1.07 bits per heavy atom. The van der Waals surface area contributed by atoms with Gasteiger partial charge in [0, 0.05) is 10.8 Å². The number of rotatable bonds is 6. The van der Waals surface area contributed by atoms with Crippen LogP contribution in [0.25, 0.3) is 0 Å². The predicted molar refractivity (Wildman–Crippen MR) is 57.2 cm³/mol. The van der Waals surface area contributed by atoms with Gasteiger partial charge in [-0.05, 0) is 26.7 Å². The second-order valence-electron chi connectivity index (χ2n) is 3.09. The Bertz CT molecular complexity index is 144. The monoisotopic (exact) mass is 242 g/mol. The van der Waals surface area contributed by atoms with E-state index in [1.807, 2.05) is 13.8 Å². The summed E-state index contributed by atoms with van der Waals surface area (Å²) < 4.78 is 9.49. The highest BCUT2D eigenvalue weighted by molar-refractivity contribution is 6.20. The predicted octanol–water partition coefficient (Wildman–Crippen LogP) is 3.17. The summed E-state index contributed by atoms with van der Waals surface area (Å²) in [7, 11) is 0. The molecule has 0 saturated carbocycles. The average Bonchev–Trinajstić information content (AvgIpc) is 2.02. The molecule has 0 aliphatic carbocycles. The van der Waals surface area contributed by atoms with E-state index in [2.05, 4.69) is 0 Å². The summed E-state index contributed by atoms with van der Waals surface area (Å²) in [5.74, 6) is 0. The zero-order chi connectivity index (χ0) is 11.0. The molecule has 2 atom stereocenters. The van der Waals surface area contributed by atoms with Crippen LogP contribution in [0.3, 0.4) is 0 Å². The highest BCUT2D eigenvalue weighted by Crippen LogP contribution is 2.02. The van der Waals surface area contributed by atoms with Crippen LogP contribution in [0.4, 0.5) is 4.79 Å². The summed E-state index contributed by atoms with van der Waals surface area (Å²) in [5, 5.41) is 0.0105. The van der Waals surface area contributed by atoms with E-state index in [1.165, 1.54) is 0 Å². The van der Waals surface area contributed by atoms with Gasteiger partial charge in [0.25, 0.3) is 0 Å². The molecular formula is C9H16Cl2O3. The lowest BCUT2D eigenvalue weighted by Crippen LogP contribution is -2.12. The lowest BCUT2D eigenvalue weighted by Gasteiger charge is -2.07. The molecule has 84 valence electrons. The van der Waals surface area contributed by atoms with E-state index < -0.39 is 6.16 Å². The van der Waals surface area contributed by atoms with Crippen LogP contribution in [-0.4, -0.2) is 30.1 Å². The SMILES string of the molecule is CC(Cl)CCOC(=O)OCCC(C)Cl. The number of ether oxygens (including phenoxy) is 2. The van der Waals surface area contributed by atoms with Gasteiger partial charge in [-0.25, -0.2) is 4.79 Å². The number of alkyl halides is 2. The average molecular weight is 243 g/mol. The van der Waals surface area contributed by atoms with E-state index in [9.17, 15) is 4.79 Å². The summed E-state index contributed by atoms with van der Waals surface area (Å²) >= 11 is 11.3. The van der Waals surface area contributed by atoms with Crippen molar-refractivity contribution in [3.05, 3.63) is 0 Å². The first kappa shape index (κ1) is 13.8. The number of halogens is 2. The molecule has 0 rings (SSSR count). The van der Waals surface area contributed by atoms with Gasteiger partial charge in [-0.2, -0.15) is 0 Å². The summed E-state index contributed by atoms with van der Waals surface area (Å²) in [6.45, 7) is 4.26. The van der Waals surface area contributed by atoms with Crippen molar-refractivity contribution in [1.82, 2.24) is 0 Å². The molecule has 0 amide bonds. The third-order valence-electron chi connectivity index (χ3n) is 1.47. The molecule has 0 N–H and O–H groups in total. The molecule has 0 bridgehead atoms. The van der Waals surface area contributed by atoms with Gasteiger partial charge in [0.05, 0.1) is 13.2 Å². The molecule has 0 saturated heterocycles. The Balaban J connectivity index is 3.28. The summed E-state index contributed by atoms with van der Waals surface area (Å²) in [5.41, 5.74) is 0. The quantitative estimate of drug-likeness (QED) is 0.531. The Morgan fingerprint density at radius 3 is 1.71 bits per heavy atom. The van der Waals surface area contributed by atoms with E-state index in [0.717, 1.165) is 0 Å². The van der Waals surface area contributed by atoms with Crippen molar-refractivity contribution in [2.45, 2.75) is 37.4 Å². The van der Waals surface area contributed by atoms with E-state index in [4.69, 9.17) is 32.7 Å². The molecule has 14 heavy (non-hydrogen) atoms. The fourth-order valence-corrected chi connectivity index (χ4v) is 0.829. The molecule has 0 aromatic carbocycles. The molecule has 0 radical (unpaired) electrons. The molecule has 0 aromatic rings. The summed E-state index contributed by atoms with van der Waals surface area (Å²) in [4.78, 5) is 10.9. The second-order valence-corrected chi connectivity index (χ2v) is 4.58. The third-order valence-corrected chi connectivity index (χ3v) is 1.91. The van der Waals surface area contributed by atoms with Crippen LogP contribution in [0, 0.1) is 0 Å². The molecular weight excluding hydrogens is 227 g/mol. The van der Waals surface area contributed by atoms with Gasteiger partial charge in [-0.15, -0.1) is 23.2 Å². The van der Waals surface area contributed by atoms with Gasteiger partial charge in [0.2, 0.25) is 0 Å². The molecule has 0 aliphatic heterocycles. The van der Waals surface area contributed by atoms with Crippen LogP contribution >= 0.6 is 23.2 Å². The fourth-order valence-electron chi connectivity index (χ4n) is 0.651. The molecule has 0 aromatic heterocycles. The molecule has 3 nitrogen and oxygen atoms in total. The maximum absolute atomic E-state index is 10.9. The van der Waals surface area contributed by atoms with Crippen molar-refractivity contribution >= 4 is 29.4 Å². The van der Waals surface area contributed by atoms with Crippen LogP contribution in [-0.2, 0) is 9.47 Å². The molecule has 0 fully saturated rings. The van der Waals surface area contributed by atoms with Crippen LogP contribution in [0.1, 0.15) is 26.7 Å². The molecule has 0 heterocycles. The normalized spacial score (nSPS) is 14.6. The van der Waals surface area contributed by atoms with Crippen LogP contribution in [0.5, 0.6) is 0 Å². The van der Waals surface area contributed by atoms with Gasteiger partial charge in [0.1, 0.15) is 0 Å². The second kappa shape index (κ2) is 8.18. The molecule has 5 heteroatoms. The maximum atomic E-state index is 10.9. The number of carbonyl (C=O) groups is 1. The van der Waals surface area contributed by atoms with E-state index in [1.54, 1.807) is 0 Å². The number of hydrogen-bond donors (Lipinski definition) is 0. The van der Waals surface area contributed by atoms with Gasteiger partial charge < -0.3 is 9.47 Å². The highest BCUT2D eigenvalue weighted by Gasteiger charge is 2.05. The molecule has 2 unspecified atom stereocenters. The minimum Gasteiger partial charge on any atom is -0.434 e. The molecule has 0 spiro atoms. The first-order chi connectivity index (χ1) is 6.52. The minimum absolute atomic E-state index is 0.00524. The Hall–Kier alpha value is -0.150. The van der Waals surface area contributed by atoms with Crippen molar-refractivity contribution in [3.63, 3.8) is 0 Å². The number of hydrogen-bond acceptors (Lipinski definition) is 3. The standard InChI is InChI=1S/C9H16Cl2O3/c1-7(10)3-5-13-9(12)14-6-4-8(2)11/h7-8H,3-6H2,1-2H3. The molecule has 0 aliphatic rings. The lowest BCUT2D eigenvalue weighted by molar-refractivity contribution is 0.0539. The summed E-state index contributed by atoms with van der Waals surface area (Å²) in [6, 6.07) is 0. The van der Waals surface area contributed by atoms with Crippen molar-refractivity contribution in [1.29, 1.82) is 0 Å². The van der Waals surface area contributed by atoms with Crippen LogP contribution < -0.4 is 0 Å². The highest BCUT2D eigenvalue weighted by atomic mass is 35.5. The van der Waals surface area contributed by atoms with Gasteiger partial charge in [0.15, 0.2) is 0 Å². The fraction of sp³-hybridized carbons (Fsp3) is 0.889. The first-order valence-electron chi connectivity index (χ1n) is 4.60. The van der Waals surface area contributed by atoms with Crippen LogP contribution in [0.2, 0.25) is 0 Å². The Kier molecular flexibility index (Phi) is 8.09. The van der Waals surface area contributed by atoms with Gasteiger partial charge in [-0.1, -0.05) is 0 Å². The van der Waals surface area contributed by atoms with Gasteiger partial charge in [-0.3, -0.25) is 0 Å². The van der Waals surface area contributed by atoms with Gasteiger partial charge >= 0.3 is 6.16 Å². The maximum Gasteiger partial charge on any atom is 0.508 e. The van der Waals surface area contributed by atoms with E-state index in [0.29, 0.717) is 26.1 Å². The smallest absolute Gasteiger partial charge is 0.434 e. The Labute approximate surface area is 94.7 Å². The van der Waals surface area contributed by atoms with Crippen LogP contribution in [0.15, 0.2) is 0 Å². The van der Waals surface area contributed by atoms with E-state index >= 15 is 0 Å². The topological polar surface area (TPSA) is 35.5 Å². The lowest BCUT2D eigenvalue weighted by atomic mass is 10.3. The number of carbonyl (C=O) groups excluding carboxylic acids is 1. The third kappa shape index (κ3) is 9.93. The van der Waals surface area contributed by atoms with Crippen molar-refractivity contribution in [3.8, 4) is 0 Å². The Morgan fingerprint density at radius 2 is 1.43 bits per heavy atom. The van der Waals surface area contributed by atoms with E-state index in [-0.39, 0.29) is 10.8 Å². The first-order valence-corrected chi connectivity index (χ1v) is 5.47. The van der Waals surface area contributed by atoms with Crippen molar-refractivity contribution < 1.29 is 14.3 Å². The zero-order valence-corrected chi connectivity index (χ0v) is 9.98.